The molecule has 2 aromatic heterocycles. The molecule has 0 saturated heterocycles. The number of nitrogens with zero attached hydrogens (tertiary/aromatic N) is 2. The van der Waals surface area contributed by atoms with Gasteiger partial charge in [-0.3, -0.25) is 9.36 Å². The van der Waals surface area contributed by atoms with Gasteiger partial charge in [-0.05, 0) is 41.3 Å². The molecule has 0 spiro atoms. The van der Waals surface area contributed by atoms with Gasteiger partial charge in [0.25, 0.3) is 5.56 Å². The Morgan fingerprint density at radius 2 is 1.64 bits per heavy atom. The molecular weight excluding hydrogens is 339 g/mol. The number of hydrogen-bond acceptors (Lipinski definition) is 3. The fraction of sp³-hybridized carbons (Fsp3) is 0.0526. The Balaban J connectivity index is 2.00. The molecule has 2 aromatic carbocycles. The Morgan fingerprint density at radius 3 is 2.36 bits per heavy atom. The Bertz CT molecular complexity index is 1160. The molecule has 0 radical (unpaired) electrons. The summed E-state index contributed by atoms with van der Waals surface area (Å²) in [6.45, 7) is 0.356. The van der Waals surface area contributed by atoms with E-state index in [9.17, 15) is 14.0 Å². The van der Waals surface area contributed by atoms with Gasteiger partial charge in [0.1, 0.15) is 10.5 Å². The molecule has 0 amide bonds. The lowest BCUT2D eigenvalue weighted by atomic mass is 10.2. The summed E-state index contributed by atoms with van der Waals surface area (Å²) in [6.07, 6.45) is 0. The zero-order valence-electron chi connectivity index (χ0n) is 13.1. The van der Waals surface area contributed by atoms with Crippen molar-refractivity contribution in [3.05, 3.63) is 98.3 Å². The molecule has 4 rings (SSSR count). The van der Waals surface area contributed by atoms with Crippen LogP contribution in [0, 0.1) is 5.82 Å². The van der Waals surface area contributed by atoms with Crippen molar-refractivity contribution in [2.75, 3.05) is 0 Å². The largest absolute Gasteiger partial charge is 0.336 e. The molecule has 6 heteroatoms. The topological polar surface area (TPSA) is 44.0 Å². The lowest BCUT2D eigenvalue weighted by Gasteiger charge is -2.12. The first-order valence-corrected chi connectivity index (χ1v) is 8.56. The molecule has 0 aliphatic rings. The van der Waals surface area contributed by atoms with Crippen LogP contribution in [-0.4, -0.2) is 9.13 Å². The van der Waals surface area contributed by atoms with Crippen molar-refractivity contribution in [3.63, 3.8) is 0 Å². The van der Waals surface area contributed by atoms with Crippen molar-refractivity contribution in [1.82, 2.24) is 9.13 Å². The number of benzene rings is 2. The minimum absolute atomic E-state index is 0.355. The smallest absolute Gasteiger partial charge is 0.288 e. The van der Waals surface area contributed by atoms with Gasteiger partial charge in [0, 0.05) is 0 Å². The SMILES string of the molecule is O=c1c2sccc2n(Cc2ccccc2)c(=O)n1-c1ccc(F)cc1. The average molecular weight is 352 g/mol. The molecule has 0 saturated carbocycles. The first-order chi connectivity index (χ1) is 12.1. The standard InChI is InChI=1S/C19H13FN2O2S/c20-14-6-8-15(9-7-14)22-18(23)17-16(10-11-25-17)21(19(22)24)12-13-4-2-1-3-5-13/h1-11H,12H2. The van der Waals surface area contributed by atoms with E-state index in [1.165, 1.54) is 35.6 Å². The fourth-order valence-corrected chi connectivity index (χ4v) is 3.65. The van der Waals surface area contributed by atoms with Crippen LogP contribution in [0.5, 0.6) is 0 Å². The van der Waals surface area contributed by atoms with Crippen LogP contribution in [-0.2, 0) is 6.54 Å². The number of aromatic nitrogens is 2. The van der Waals surface area contributed by atoms with Crippen LogP contribution in [0.1, 0.15) is 5.56 Å². The zero-order chi connectivity index (χ0) is 17.4. The van der Waals surface area contributed by atoms with E-state index in [-0.39, 0.29) is 5.56 Å². The van der Waals surface area contributed by atoms with E-state index in [0.29, 0.717) is 22.4 Å². The monoisotopic (exact) mass is 352 g/mol. The van der Waals surface area contributed by atoms with Gasteiger partial charge in [-0.15, -0.1) is 11.3 Å². The summed E-state index contributed by atoms with van der Waals surface area (Å²) in [7, 11) is 0. The first kappa shape index (κ1) is 15.5. The highest BCUT2D eigenvalue weighted by molar-refractivity contribution is 7.17. The maximum absolute atomic E-state index is 13.2. The van der Waals surface area contributed by atoms with Crippen LogP contribution in [0.4, 0.5) is 4.39 Å². The van der Waals surface area contributed by atoms with E-state index in [2.05, 4.69) is 0 Å². The molecule has 0 aliphatic heterocycles. The van der Waals surface area contributed by atoms with Gasteiger partial charge in [-0.2, -0.15) is 0 Å². The highest BCUT2D eigenvalue weighted by atomic mass is 32.1. The molecule has 2 heterocycles. The summed E-state index contributed by atoms with van der Waals surface area (Å²) in [5.41, 5.74) is 1.11. The zero-order valence-corrected chi connectivity index (χ0v) is 13.9. The van der Waals surface area contributed by atoms with Crippen molar-refractivity contribution in [1.29, 1.82) is 0 Å². The fourth-order valence-electron chi connectivity index (χ4n) is 2.82. The molecule has 124 valence electrons. The van der Waals surface area contributed by atoms with Crippen molar-refractivity contribution in [3.8, 4) is 5.69 Å². The second kappa shape index (κ2) is 6.14. The average Bonchev–Trinajstić information content (AvgIpc) is 3.11. The van der Waals surface area contributed by atoms with Gasteiger partial charge in [-0.25, -0.2) is 13.8 Å². The molecule has 0 N–H and O–H groups in total. The summed E-state index contributed by atoms with van der Waals surface area (Å²) >= 11 is 1.29. The van der Waals surface area contributed by atoms with E-state index in [0.717, 1.165) is 10.1 Å². The van der Waals surface area contributed by atoms with Crippen LogP contribution < -0.4 is 11.2 Å². The molecule has 4 aromatic rings. The first-order valence-electron chi connectivity index (χ1n) is 7.68. The minimum Gasteiger partial charge on any atom is -0.288 e. The second-order valence-electron chi connectivity index (χ2n) is 5.61. The van der Waals surface area contributed by atoms with Crippen molar-refractivity contribution in [2.45, 2.75) is 6.54 Å². The number of fused-ring (bicyclic) bond motifs is 1. The molecule has 0 fully saturated rings. The number of thiophene rings is 1. The van der Waals surface area contributed by atoms with E-state index < -0.39 is 11.5 Å². The third-order valence-electron chi connectivity index (χ3n) is 4.02. The van der Waals surface area contributed by atoms with E-state index in [4.69, 9.17) is 0 Å². The van der Waals surface area contributed by atoms with Gasteiger partial charge in [-0.1, -0.05) is 30.3 Å². The molecule has 4 nitrogen and oxygen atoms in total. The van der Waals surface area contributed by atoms with Crippen molar-refractivity contribution < 1.29 is 4.39 Å². The molecule has 25 heavy (non-hydrogen) atoms. The Morgan fingerprint density at radius 1 is 0.920 bits per heavy atom. The van der Waals surface area contributed by atoms with E-state index >= 15 is 0 Å². The van der Waals surface area contributed by atoms with Crippen LogP contribution in [0.25, 0.3) is 15.9 Å². The van der Waals surface area contributed by atoms with Gasteiger partial charge in [0.15, 0.2) is 0 Å². The van der Waals surface area contributed by atoms with Crippen molar-refractivity contribution in [2.24, 2.45) is 0 Å². The second-order valence-corrected chi connectivity index (χ2v) is 6.52. The van der Waals surface area contributed by atoms with Gasteiger partial charge < -0.3 is 0 Å². The summed E-state index contributed by atoms with van der Waals surface area (Å²) in [5.74, 6) is -0.418. The Labute approximate surface area is 146 Å². The third kappa shape index (κ3) is 2.70. The number of hydrogen-bond donors (Lipinski definition) is 0. The predicted molar refractivity (Wildman–Crippen MR) is 97.2 cm³/mol. The summed E-state index contributed by atoms with van der Waals surface area (Å²) in [4.78, 5) is 25.8. The van der Waals surface area contributed by atoms with Gasteiger partial charge >= 0.3 is 5.69 Å². The number of rotatable bonds is 3. The summed E-state index contributed by atoms with van der Waals surface area (Å²) < 4.78 is 16.4. The van der Waals surface area contributed by atoms with E-state index in [1.807, 2.05) is 30.3 Å². The lowest BCUT2D eigenvalue weighted by Crippen LogP contribution is -2.38. The highest BCUT2D eigenvalue weighted by Crippen LogP contribution is 2.17. The highest BCUT2D eigenvalue weighted by Gasteiger charge is 2.15. The summed E-state index contributed by atoms with van der Waals surface area (Å²) in [6, 6.07) is 16.7. The molecular formula is C19H13FN2O2S. The third-order valence-corrected chi connectivity index (χ3v) is 4.91. The molecule has 0 aliphatic carbocycles. The van der Waals surface area contributed by atoms with Gasteiger partial charge in [0.2, 0.25) is 0 Å². The number of halogens is 1. The maximum atomic E-state index is 13.2. The Kier molecular flexibility index (Phi) is 3.82. The molecule has 0 atom stereocenters. The van der Waals surface area contributed by atoms with Crippen LogP contribution in [0.3, 0.4) is 0 Å². The van der Waals surface area contributed by atoms with Crippen LogP contribution in [0.2, 0.25) is 0 Å². The van der Waals surface area contributed by atoms with Gasteiger partial charge in [0.05, 0.1) is 17.7 Å². The van der Waals surface area contributed by atoms with Crippen molar-refractivity contribution >= 4 is 21.6 Å². The Hall–Kier alpha value is -2.99. The van der Waals surface area contributed by atoms with E-state index in [1.54, 1.807) is 16.0 Å². The quantitative estimate of drug-likeness (QED) is 0.567. The van der Waals surface area contributed by atoms with Crippen LogP contribution >= 0.6 is 11.3 Å². The predicted octanol–water partition coefficient (Wildman–Crippen LogP) is 3.40. The normalized spacial score (nSPS) is 11.1. The lowest BCUT2D eigenvalue weighted by molar-refractivity contribution is 0.626. The van der Waals surface area contributed by atoms with Crippen LogP contribution in [0.15, 0.2) is 75.6 Å². The summed E-state index contributed by atoms with van der Waals surface area (Å²) in [5, 5.41) is 1.79. The maximum Gasteiger partial charge on any atom is 0.336 e. The molecule has 0 bridgehead atoms. The molecule has 0 unspecified atom stereocenters. The minimum atomic E-state index is -0.439.